The number of hydrogen-bond donors (Lipinski definition) is 0. The smallest absolute Gasteiger partial charge is 0.0295 e. The molecule has 0 bridgehead atoms. The highest BCUT2D eigenvalue weighted by atomic mass is 15.2. The molecule has 16 heavy (non-hydrogen) atoms. The van der Waals surface area contributed by atoms with E-state index in [9.17, 15) is 0 Å². The fourth-order valence-electron chi connectivity index (χ4n) is 3.21. The van der Waals surface area contributed by atoms with Gasteiger partial charge in [-0.05, 0) is 42.2 Å². The second-order valence-electron chi connectivity index (χ2n) is 5.64. The molecular weight excluding hydrogens is 194 g/mol. The molecule has 0 N–H and O–H groups in total. The summed E-state index contributed by atoms with van der Waals surface area (Å²) in [6, 6.07) is 0. The van der Waals surface area contributed by atoms with E-state index in [0.717, 1.165) is 29.4 Å². The quantitative estimate of drug-likeness (QED) is 0.652. The summed E-state index contributed by atoms with van der Waals surface area (Å²) in [5.74, 6) is 3.72. The van der Waals surface area contributed by atoms with E-state index in [-0.39, 0.29) is 0 Å². The summed E-state index contributed by atoms with van der Waals surface area (Å²) in [5, 5.41) is 0. The summed E-state index contributed by atoms with van der Waals surface area (Å²) in [7, 11) is 0. The normalized spacial score (nSPS) is 32.9. The maximum absolute atomic E-state index is 4.15. The highest BCUT2D eigenvalue weighted by Crippen LogP contribution is 2.55. The molecule has 1 heteroatoms. The van der Waals surface area contributed by atoms with Crippen molar-refractivity contribution in [1.29, 1.82) is 0 Å². The van der Waals surface area contributed by atoms with Crippen molar-refractivity contribution in [3.8, 4) is 0 Å². The van der Waals surface area contributed by atoms with E-state index in [4.69, 9.17) is 0 Å². The predicted octanol–water partition coefficient (Wildman–Crippen LogP) is 3.47. The van der Waals surface area contributed by atoms with Crippen molar-refractivity contribution in [2.45, 2.75) is 20.8 Å². The third-order valence-corrected chi connectivity index (χ3v) is 4.15. The zero-order chi connectivity index (χ0) is 11.9. The Bertz CT molecular complexity index is 325. The van der Waals surface area contributed by atoms with Crippen LogP contribution in [-0.4, -0.2) is 18.0 Å². The third kappa shape index (κ3) is 1.95. The zero-order valence-electron chi connectivity index (χ0n) is 10.7. The van der Waals surface area contributed by atoms with E-state index in [1.54, 1.807) is 0 Å². The first-order valence-corrected chi connectivity index (χ1v) is 6.29. The second kappa shape index (κ2) is 4.12. The van der Waals surface area contributed by atoms with Gasteiger partial charge in [0.2, 0.25) is 0 Å². The van der Waals surface area contributed by atoms with E-state index in [1.807, 2.05) is 6.08 Å². The summed E-state index contributed by atoms with van der Waals surface area (Å²) in [6.45, 7) is 17.1. The Hall–Kier alpha value is -0.980. The van der Waals surface area contributed by atoms with Crippen LogP contribution in [0.5, 0.6) is 0 Å². The van der Waals surface area contributed by atoms with Gasteiger partial charge in [-0.2, -0.15) is 0 Å². The van der Waals surface area contributed by atoms with E-state index >= 15 is 0 Å². The monoisotopic (exact) mass is 217 g/mol. The Morgan fingerprint density at radius 1 is 1.31 bits per heavy atom. The molecule has 88 valence electrons. The zero-order valence-corrected chi connectivity index (χ0v) is 10.7. The number of piperidine rings is 1. The Labute approximate surface area is 99.5 Å². The molecule has 0 radical (unpaired) electrons. The molecule has 0 aromatic heterocycles. The molecule has 2 aliphatic rings. The molecule has 0 aromatic carbocycles. The first-order chi connectivity index (χ1) is 7.54. The Morgan fingerprint density at radius 3 is 2.31 bits per heavy atom. The number of hydrogen-bond acceptors (Lipinski definition) is 1. The van der Waals surface area contributed by atoms with Gasteiger partial charge in [0.05, 0.1) is 0 Å². The third-order valence-electron chi connectivity index (χ3n) is 4.15. The summed E-state index contributed by atoms with van der Waals surface area (Å²) >= 11 is 0. The van der Waals surface area contributed by atoms with Gasteiger partial charge in [0, 0.05) is 18.8 Å². The SMILES string of the molecule is C=C/C(C)=C\C(=C)N1CC2C(C1)C2C(C)C. The number of rotatable bonds is 4. The topological polar surface area (TPSA) is 3.24 Å². The van der Waals surface area contributed by atoms with Gasteiger partial charge in [0.1, 0.15) is 0 Å². The molecule has 1 saturated heterocycles. The molecule has 1 nitrogen and oxygen atoms in total. The van der Waals surface area contributed by atoms with Crippen LogP contribution in [0.25, 0.3) is 0 Å². The van der Waals surface area contributed by atoms with Gasteiger partial charge in [-0.25, -0.2) is 0 Å². The molecule has 2 fully saturated rings. The molecule has 2 rings (SSSR count). The van der Waals surface area contributed by atoms with Gasteiger partial charge >= 0.3 is 0 Å². The van der Waals surface area contributed by atoms with Crippen LogP contribution in [0.15, 0.2) is 36.6 Å². The standard InChI is InChI=1S/C15H23N/c1-6-11(4)7-12(5)16-8-13-14(9-16)15(13)10(2)3/h6-7,10,13-15H,1,5,8-9H2,2-4H3/b11-7-. The first-order valence-electron chi connectivity index (χ1n) is 6.29. The minimum Gasteiger partial charge on any atom is -0.371 e. The number of fused-ring (bicyclic) bond motifs is 1. The lowest BCUT2D eigenvalue weighted by atomic mass is 10.0. The van der Waals surface area contributed by atoms with Crippen molar-refractivity contribution in [2.75, 3.05) is 13.1 Å². The molecule has 0 spiro atoms. The molecule has 1 aliphatic carbocycles. The maximum Gasteiger partial charge on any atom is 0.0295 e. The minimum absolute atomic E-state index is 0.857. The van der Waals surface area contributed by atoms with Crippen LogP contribution in [0.2, 0.25) is 0 Å². The van der Waals surface area contributed by atoms with Crippen LogP contribution >= 0.6 is 0 Å². The van der Waals surface area contributed by atoms with Crippen molar-refractivity contribution in [3.05, 3.63) is 36.6 Å². The summed E-state index contributed by atoms with van der Waals surface area (Å²) < 4.78 is 0. The molecule has 2 atom stereocenters. The molecule has 1 saturated carbocycles. The van der Waals surface area contributed by atoms with Crippen LogP contribution in [0.4, 0.5) is 0 Å². The highest BCUT2D eigenvalue weighted by molar-refractivity contribution is 5.27. The predicted molar refractivity (Wildman–Crippen MR) is 70.0 cm³/mol. The Balaban J connectivity index is 1.89. The lowest BCUT2D eigenvalue weighted by Gasteiger charge is -2.23. The molecular formula is C15H23N. The Morgan fingerprint density at radius 2 is 1.88 bits per heavy atom. The van der Waals surface area contributed by atoms with Crippen molar-refractivity contribution in [2.24, 2.45) is 23.7 Å². The van der Waals surface area contributed by atoms with Crippen molar-refractivity contribution in [1.82, 2.24) is 4.90 Å². The summed E-state index contributed by atoms with van der Waals surface area (Å²) in [6.07, 6.45) is 4.03. The fourth-order valence-corrected chi connectivity index (χ4v) is 3.21. The van der Waals surface area contributed by atoms with E-state index in [0.29, 0.717) is 0 Å². The fraction of sp³-hybridized carbons (Fsp3) is 0.600. The first kappa shape index (κ1) is 11.5. The van der Waals surface area contributed by atoms with Crippen molar-refractivity contribution in [3.63, 3.8) is 0 Å². The van der Waals surface area contributed by atoms with Gasteiger partial charge in [0.15, 0.2) is 0 Å². The number of allylic oxidation sites excluding steroid dienone is 3. The van der Waals surface area contributed by atoms with Crippen molar-refractivity contribution < 1.29 is 0 Å². The van der Waals surface area contributed by atoms with Crippen LogP contribution in [0.1, 0.15) is 20.8 Å². The maximum atomic E-state index is 4.15. The summed E-state index contributed by atoms with van der Waals surface area (Å²) in [4.78, 5) is 2.43. The van der Waals surface area contributed by atoms with Crippen LogP contribution < -0.4 is 0 Å². The van der Waals surface area contributed by atoms with E-state index < -0.39 is 0 Å². The molecule has 0 amide bonds. The van der Waals surface area contributed by atoms with E-state index in [2.05, 4.69) is 44.9 Å². The lowest BCUT2D eigenvalue weighted by molar-refractivity contribution is 0.332. The van der Waals surface area contributed by atoms with Crippen LogP contribution in [0, 0.1) is 23.7 Å². The average molecular weight is 217 g/mol. The summed E-state index contributed by atoms with van der Waals surface area (Å²) in [5.41, 5.74) is 2.36. The van der Waals surface area contributed by atoms with Crippen LogP contribution in [0.3, 0.4) is 0 Å². The molecule has 2 unspecified atom stereocenters. The highest BCUT2D eigenvalue weighted by Gasteiger charge is 2.56. The molecule has 1 heterocycles. The van der Waals surface area contributed by atoms with Gasteiger partial charge in [-0.1, -0.05) is 33.1 Å². The van der Waals surface area contributed by atoms with Crippen molar-refractivity contribution >= 4 is 0 Å². The Kier molecular flexibility index (Phi) is 2.96. The van der Waals surface area contributed by atoms with Gasteiger partial charge in [0.25, 0.3) is 0 Å². The second-order valence-corrected chi connectivity index (χ2v) is 5.64. The number of likely N-dealkylation sites (tertiary alicyclic amines) is 1. The molecule has 0 aromatic rings. The van der Waals surface area contributed by atoms with Gasteiger partial charge in [-0.15, -0.1) is 0 Å². The molecule has 1 aliphatic heterocycles. The van der Waals surface area contributed by atoms with Crippen LogP contribution in [-0.2, 0) is 0 Å². The number of nitrogens with zero attached hydrogens (tertiary/aromatic N) is 1. The van der Waals surface area contributed by atoms with E-state index in [1.165, 1.54) is 18.7 Å². The average Bonchev–Trinajstić information content (AvgIpc) is 2.75. The minimum atomic E-state index is 0.857. The van der Waals surface area contributed by atoms with Gasteiger partial charge < -0.3 is 4.90 Å². The van der Waals surface area contributed by atoms with Gasteiger partial charge in [-0.3, -0.25) is 0 Å². The largest absolute Gasteiger partial charge is 0.371 e. The lowest BCUT2D eigenvalue weighted by Crippen LogP contribution is -2.23.